The third kappa shape index (κ3) is 4.53. The lowest BCUT2D eigenvalue weighted by atomic mass is 10.2. The van der Waals surface area contributed by atoms with Gasteiger partial charge in [0.25, 0.3) is 5.91 Å². The molecule has 0 saturated heterocycles. The molecule has 114 valence electrons. The number of amides is 1. The zero-order valence-corrected chi connectivity index (χ0v) is 11.9. The molecule has 1 N–H and O–H groups in total. The van der Waals surface area contributed by atoms with Crippen LogP contribution in [0.4, 0.5) is 8.78 Å². The van der Waals surface area contributed by atoms with E-state index < -0.39 is 12.5 Å². The van der Waals surface area contributed by atoms with E-state index in [9.17, 15) is 13.6 Å². The maximum absolute atomic E-state index is 12.3. The van der Waals surface area contributed by atoms with Crippen molar-refractivity contribution in [3.63, 3.8) is 0 Å². The molecule has 0 aliphatic heterocycles. The maximum atomic E-state index is 12.3. The fraction of sp³-hybridized carbons (Fsp3) is 0.0667. The second-order valence-electron chi connectivity index (χ2n) is 4.12. The van der Waals surface area contributed by atoms with E-state index in [2.05, 4.69) is 15.3 Å². The molecule has 7 heteroatoms. The lowest BCUT2D eigenvalue weighted by Crippen LogP contribution is -2.17. The average molecular weight is 325 g/mol. The van der Waals surface area contributed by atoms with Gasteiger partial charge in [-0.05, 0) is 36.4 Å². The van der Waals surface area contributed by atoms with Crippen LogP contribution in [0.2, 0.25) is 5.02 Å². The van der Waals surface area contributed by atoms with Gasteiger partial charge in [-0.1, -0.05) is 23.7 Å². The lowest BCUT2D eigenvalue weighted by Gasteiger charge is -2.06. The molecular formula is C15H11ClF2N2O2. The number of rotatable bonds is 5. The Hall–Kier alpha value is -2.47. The minimum atomic E-state index is -2.93. The van der Waals surface area contributed by atoms with Gasteiger partial charge in [0.1, 0.15) is 5.75 Å². The molecule has 0 unspecified atom stereocenters. The molecule has 2 rings (SSSR count). The quantitative estimate of drug-likeness (QED) is 0.673. The molecule has 0 aliphatic rings. The van der Waals surface area contributed by atoms with Crippen molar-refractivity contribution in [1.29, 1.82) is 0 Å². The number of alkyl halides is 2. The van der Waals surface area contributed by atoms with E-state index in [0.717, 1.165) is 0 Å². The van der Waals surface area contributed by atoms with E-state index >= 15 is 0 Å². The summed E-state index contributed by atoms with van der Waals surface area (Å²) in [5.74, 6) is -0.470. The number of benzene rings is 2. The number of hydrogen-bond donors (Lipinski definition) is 1. The Bertz CT molecular complexity index is 675. The van der Waals surface area contributed by atoms with Crippen molar-refractivity contribution in [3.05, 3.63) is 64.7 Å². The molecule has 4 nitrogen and oxygen atoms in total. The highest BCUT2D eigenvalue weighted by Crippen LogP contribution is 2.18. The van der Waals surface area contributed by atoms with Crippen LogP contribution in [0.1, 0.15) is 15.9 Å². The Morgan fingerprint density at radius 3 is 2.55 bits per heavy atom. The van der Waals surface area contributed by atoms with Crippen LogP contribution in [0.15, 0.2) is 53.6 Å². The molecular weight excluding hydrogens is 314 g/mol. The van der Waals surface area contributed by atoms with Crippen LogP contribution in [-0.4, -0.2) is 18.7 Å². The summed E-state index contributed by atoms with van der Waals surface area (Å²) < 4.78 is 28.9. The van der Waals surface area contributed by atoms with Crippen LogP contribution in [0.3, 0.4) is 0 Å². The number of para-hydroxylation sites is 1. The third-order valence-electron chi connectivity index (χ3n) is 2.61. The van der Waals surface area contributed by atoms with Crippen LogP contribution < -0.4 is 10.2 Å². The summed E-state index contributed by atoms with van der Waals surface area (Å²) in [5.41, 5.74) is 2.98. The molecule has 0 atom stereocenters. The van der Waals surface area contributed by atoms with Crippen molar-refractivity contribution in [3.8, 4) is 5.75 Å². The van der Waals surface area contributed by atoms with Gasteiger partial charge in [-0.25, -0.2) is 5.43 Å². The van der Waals surface area contributed by atoms with Crippen LogP contribution in [-0.2, 0) is 0 Å². The normalized spacial score (nSPS) is 10.9. The summed E-state index contributed by atoms with van der Waals surface area (Å²) in [4.78, 5) is 11.8. The van der Waals surface area contributed by atoms with Crippen molar-refractivity contribution in [2.45, 2.75) is 6.61 Å². The second-order valence-corrected chi connectivity index (χ2v) is 4.56. The molecule has 0 radical (unpaired) electrons. The smallest absolute Gasteiger partial charge is 0.387 e. The molecule has 0 heterocycles. The highest BCUT2D eigenvalue weighted by Gasteiger charge is 2.08. The molecule has 0 saturated carbocycles. The molecule has 2 aromatic carbocycles. The highest BCUT2D eigenvalue weighted by atomic mass is 35.5. The Morgan fingerprint density at radius 1 is 1.18 bits per heavy atom. The van der Waals surface area contributed by atoms with Gasteiger partial charge in [-0.3, -0.25) is 4.79 Å². The van der Waals surface area contributed by atoms with Crippen LogP contribution in [0.5, 0.6) is 5.75 Å². The number of halogens is 3. The van der Waals surface area contributed by atoms with Crippen molar-refractivity contribution >= 4 is 23.7 Å². The summed E-state index contributed by atoms with van der Waals surface area (Å²) in [5, 5.41) is 4.24. The van der Waals surface area contributed by atoms with Gasteiger partial charge in [0.05, 0.1) is 6.21 Å². The third-order valence-corrected chi connectivity index (χ3v) is 2.86. The topological polar surface area (TPSA) is 50.7 Å². The minimum Gasteiger partial charge on any atom is -0.434 e. The maximum Gasteiger partial charge on any atom is 0.387 e. The number of hydrogen-bond acceptors (Lipinski definition) is 3. The predicted octanol–water partition coefficient (Wildman–Crippen LogP) is 3.71. The fourth-order valence-electron chi connectivity index (χ4n) is 1.62. The van der Waals surface area contributed by atoms with Gasteiger partial charge < -0.3 is 4.74 Å². The summed E-state index contributed by atoms with van der Waals surface area (Å²) >= 11 is 5.72. The number of nitrogens with one attached hydrogen (secondary N) is 1. The Balaban J connectivity index is 2.03. The summed E-state index contributed by atoms with van der Waals surface area (Å²) in [6.07, 6.45) is 1.23. The van der Waals surface area contributed by atoms with E-state index in [0.29, 0.717) is 16.1 Å². The van der Waals surface area contributed by atoms with Gasteiger partial charge in [0, 0.05) is 16.1 Å². The summed E-state index contributed by atoms with van der Waals surface area (Å²) in [7, 11) is 0. The fourth-order valence-corrected chi connectivity index (χ4v) is 1.74. The zero-order valence-electron chi connectivity index (χ0n) is 11.2. The molecule has 0 aromatic heterocycles. The predicted molar refractivity (Wildman–Crippen MR) is 79.6 cm³/mol. The highest BCUT2D eigenvalue weighted by molar-refractivity contribution is 6.30. The van der Waals surface area contributed by atoms with Crippen LogP contribution in [0, 0.1) is 0 Å². The monoisotopic (exact) mass is 324 g/mol. The van der Waals surface area contributed by atoms with Gasteiger partial charge in [-0.15, -0.1) is 0 Å². The summed E-state index contributed by atoms with van der Waals surface area (Å²) in [6, 6.07) is 12.4. The van der Waals surface area contributed by atoms with Crippen molar-refractivity contribution in [1.82, 2.24) is 5.43 Å². The van der Waals surface area contributed by atoms with E-state index in [-0.39, 0.29) is 5.75 Å². The molecule has 22 heavy (non-hydrogen) atoms. The zero-order chi connectivity index (χ0) is 15.9. The number of hydrazone groups is 1. The number of carbonyl (C=O) groups excluding carboxylic acids is 1. The van der Waals surface area contributed by atoms with Crippen LogP contribution in [0.25, 0.3) is 0 Å². The number of nitrogens with zero attached hydrogens (tertiary/aromatic N) is 1. The molecule has 0 aliphatic carbocycles. The van der Waals surface area contributed by atoms with Gasteiger partial charge in [0.2, 0.25) is 0 Å². The van der Waals surface area contributed by atoms with Crippen molar-refractivity contribution < 1.29 is 18.3 Å². The molecule has 0 spiro atoms. The van der Waals surface area contributed by atoms with E-state index in [1.165, 1.54) is 18.3 Å². The Labute approximate surface area is 130 Å². The van der Waals surface area contributed by atoms with E-state index in [4.69, 9.17) is 11.6 Å². The lowest BCUT2D eigenvalue weighted by molar-refractivity contribution is -0.0499. The second kappa shape index (κ2) is 7.51. The largest absolute Gasteiger partial charge is 0.434 e. The van der Waals surface area contributed by atoms with Crippen molar-refractivity contribution in [2.24, 2.45) is 5.10 Å². The average Bonchev–Trinajstić information content (AvgIpc) is 2.49. The first-order valence-electron chi connectivity index (χ1n) is 6.19. The number of ether oxygens (including phenoxy) is 1. The molecule has 2 aromatic rings. The molecule has 0 bridgehead atoms. The van der Waals surface area contributed by atoms with E-state index in [1.807, 2.05) is 0 Å². The van der Waals surface area contributed by atoms with Gasteiger partial charge in [-0.2, -0.15) is 13.9 Å². The SMILES string of the molecule is O=C(N/N=C/c1ccccc1OC(F)F)c1ccc(Cl)cc1. The first-order valence-corrected chi connectivity index (χ1v) is 6.57. The molecule has 1 amide bonds. The van der Waals surface area contributed by atoms with Gasteiger partial charge in [0.15, 0.2) is 0 Å². The minimum absolute atomic E-state index is 0.0259. The van der Waals surface area contributed by atoms with E-state index in [1.54, 1.807) is 36.4 Å². The Morgan fingerprint density at radius 2 is 1.86 bits per heavy atom. The summed E-state index contributed by atoms with van der Waals surface area (Å²) in [6.45, 7) is -2.93. The van der Waals surface area contributed by atoms with Gasteiger partial charge >= 0.3 is 6.61 Å². The van der Waals surface area contributed by atoms with Crippen LogP contribution >= 0.6 is 11.6 Å². The first kappa shape index (κ1) is 15.9. The first-order chi connectivity index (χ1) is 10.6. The number of carbonyl (C=O) groups is 1. The molecule has 0 fully saturated rings. The van der Waals surface area contributed by atoms with Crippen molar-refractivity contribution in [2.75, 3.05) is 0 Å². The standard InChI is InChI=1S/C15H11ClF2N2O2/c16-12-7-5-10(6-8-12)14(21)20-19-9-11-3-1-2-4-13(11)22-15(17)18/h1-9,15H,(H,20,21)/b19-9+. The Kier molecular flexibility index (Phi) is 5.43.